The van der Waals surface area contributed by atoms with Gasteiger partial charge in [0, 0.05) is 12.8 Å². The molecule has 80 heavy (non-hydrogen) atoms. The van der Waals surface area contributed by atoms with E-state index < -0.39 is 12.1 Å². The monoisotopic (exact) mass is 1130 g/mol. The number of hydrogen-bond acceptors (Lipinski definition) is 5. The molecular formula is C74H143NO5. The van der Waals surface area contributed by atoms with Crippen LogP contribution in [0.1, 0.15) is 412 Å². The Labute approximate surface area is 501 Å². The number of carbonyl (C=O) groups excluding carboxylic acids is 2. The first-order valence-corrected chi connectivity index (χ1v) is 36.6. The van der Waals surface area contributed by atoms with Crippen molar-refractivity contribution in [3.8, 4) is 0 Å². The lowest BCUT2D eigenvalue weighted by molar-refractivity contribution is -0.143. The van der Waals surface area contributed by atoms with Gasteiger partial charge in [-0.1, -0.05) is 366 Å². The largest absolute Gasteiger partial charge is 0.466 e. The molecule has 0 aromatic heterocycles. The highest BCUT2D eigenvalue weighted by molar-refractivity contribution is 5.76. The van der Waals surface area contributed by atoms with Crippen molar-refractivity contribution in [1.29, 1.82) is 0 Å². The molecule has 2 atom stereocenters. The molecule has 2 unspecified atom stereocenters. The van der Waals surface area contributed by atoms with E-state index in [-0.39, 0.29) is 18.5 Å². The van der Waals surface area contributed by atoms with Crippen LogP contribution in [0.4, 0.5) is 0 Å². The molecule has 0 aromatic rings. The topological polar surface area (TPSA) is 95.9 Å². The zero-order valence-electron chi connectivity index (χ0n) is 54.3. The van der Waals surface area contributed by atoms with Gasteiger partial charge in [-0.3, -0.25) is 9.59 Å². The Balaban J connectivity index is 3.41. The molecule has 6 nitrogen and oxygen atoms in total. The Morgan fingerprint density at radius 2 is 0.588 bits per heavy atom. The van der Waals surface area contributed by atoms with Gasteiger partial charge in [0.05, 0.1) is 25.4 Å². The van der Waals surface area contributed by atoms with Crippen molar-refractivity contribution in [3.05, 3.63) is 24.3 Å². The maximum absolute atomic E-state index is 12.5. The number of aliphatic hydroxyl groups excluding tert-OH is 2. The van der Waals surface area contributed by atoms with Crippen molar-refractivity contribution >= 4 is 11.9 Å². The summed E-state index contributed by atoms with van der Waals surface area (Å²) in [6, 6.07) is -0.629. The van der Waals surface area contributed by atoms with E-state index in [4.69, 9.17) is 4.74 Å². The van der Waals surface area contributed by atoms with Crippen molar-refractivity contribution < 1.29 is 24.5 Å². The van der Waals surface area contributed by atoms with Crippen LogP contribution in [0.25, 0.3) is 0 Å². The Morgan fingerprint density at radius 3 is 0.887 bits per heavy atom. The summed E-state index contributed by atoms with van der Waals surface area (Å²) in [6.07, 6.45) is 88.4. The fourth-order valence-corrected chi connectivity index (χ4v) is 11.6. The summed E-state index contributed by atoms with van der Waals surface area (Å²) >= 11 is 0. The standard InChI is InChI=1S/C74H143NO5/c1-3-5-7-9-11-13-15-16-17-18-19-20-21-28-31-34-37-40-43-47-50-54-58-62-66-72(77)71(70-76)75-73(78)67-63-59-55-51-48-44-41-38-35-32-29-26-24-22-23-25-27-30-33-36-39-42-45-49-53-57-61-65-69-80-74(79)68-64-60-56-52-46-14-12-10-8-6-4-2/h22-23,62,66,71-72,76-77H,3-21,24-61,63-65,67-70H2,1-2H3,(H,75,78)/b23-22-,66-62+. The predicted molar refractivity (Wildman–Crippen MR) is 352 cm³/mol. The summed E-state index contributed by atoms with van der Waals surface area (Å²) in [5.74, 6) is -0.0472. The van der Waals surface area contributed by atoms with Crippen LogP contribution >= 0.6 is 0 Å². The van der Waals surface area contributed by atoms with Crippen LogP contribution in [0.15, 0.2) is 24.3 Å². The predicted octanol–water partition coefficient (Wildman–Crippen LogP) is 23.7. The highest BCUT2D eigenvalue weighted by atomic mass is 16.5. The second-order valence-electron chi connectivity index (χ2n) is 25.3. The van der Waals surface area contributed by atoms with Crippen molar-refractivity contribution in [2.75, 3.05) is 13.2 Å². The molecule has 0 heterocycles. The minimum atomic E-state index is -0.846. The van der Waals surface area contributed by atoms with Crippen LogP contribution in [0.2, 0.25) is 0 Å². The van der Waals surface area contributed by atoms with E-state index in [1.807, 2.05) is 6.08 Å². The Kier molecular flexibility index (Phi) is 68.4. The molecule has 0 fully saturated rings. The lowest BCUT2D eigenvalue weighted by Crippen LogP contribution is -2.45. The third-order valence-corrected chi connectivity index (χ3v) is 17.2. The van der Waals surface area contributed by atoms with Gasteiger partial charge in [-0.2, -0.15) is 0 Å². The number of aliphatic hydroxyl groups is 2. The Hall–Kier alpha value is -1.66. The van der Waals surface area contributed by atoms with Gasteiger partial charge in [0.1, 0.15) is 0 Å². The van der Waals surface area contributed by atoms with Gasteiger partial charge in [0.15, 0.2) is 0 Å². The number of unbranched alkanes of at least 4 members (excludes halogenated alkanes) is 56. The van der Waals surface area contributed by atoms with Gasteiger partial charge >= 0.3 is 5.97 Å². The van der Waals surface area contributed by atoms with Crippen molar-refractivity contribution in [3.63, 3.8) is 0 Å². The van der Waals surface area contributed by atoms with Gasteiger partial charge < -0.3 is 20.3 Å². The number of nitrogens with one attached hydrogen (secondary N) is 1. The molecule has 0 radical (unpaired) electrons. The number of esters is 1. The average molecular weight is 1130 g/mol. The molecule has 3 N–H and O–H groups in total. The first-order valence-electron chi connectivity index (χ1n) is 36.6. The molecule has 474 valence electrons. The zero-order valence-corrected chi connectivity index (χ0v) is 54.3. The number of allylic oxidation sites excluding steroid dienone is 3. The highest BCUT2D eigenvalue weighted by Crippen LogP contribution is 2.19. The Bertz CT molecular complexity index is 1250. The van der Waals surface area contributed by atoms with E-state index in [9.17, 15) is 19.8 Å². The van der Waals surface area contributed by atoms with E-state index in [2.05, 4.69) is 31.3 Å². The van der Waals surface area contributed by atoms with Gasteiger partial charge in [0.2, 0.25) is 5.91 Å². The minimum Gasteiger partial charge on any atom is -0.466 e. The first kappa shape index (κ1) is 78.3. The molecule has 0 aliphatic heterocycles. The summed E-state index contributed by atoms with van der Waals surface area (Å²) in [5, 5.41) is 23.3. The van der Waals surface area contributed by atoms with Crippen molar-refractivity contribution in [2.24, 2.45) is 0 Å². The molecule has 0 aliphatic rings. The number of rotatable bonds is 69. The number of carbonyl (C=O) groups is 2. The van der Waals surface area contributed by atoms with Crippen molar-refractivity contribution in [1.82, 2.24) is 5.32 Å². The fraction of sp³-hybridized carbons (Fsp3) is 0.919. The lowest BCUT2D eigenvalue weighted by atomic mass is 10.0. The first-order chi connectivity index (χ1) is 39.5. The number of amides is 1. The smallest absolute Gasteiger partial charge is 0.305 e. The molecule has 0 saturated carbocycles. The molecule has 0 spiro atoms. The SMILES string of the molecule is CCCCCCCCCCCCCCCCCCCCCCCC/C=C/C(O)C(CO)NC(=O)CCCCCCCCCCCCCC/C=C\CCCCCCCCCCCCCCOC(=O)CCCCCCCCCCCCC. The van der Waals surface area contributed by atoms with Gasteiger partial charge in [-0.15, -0.1) is 0 Å². The summed E-state index contributed by atoms with van der Waals surface area (Å²) in [4.78, 5) is 24.6. The minimum absolute atomic E-state index is 0.0159. The second kappa shape index (κ2) is 69.8. The van der Waals surface area contributed by atoms with Gasteiger partial charge in [-0.25, -0.2) is 0 Å². The second-order valence-corrected chi connectivity index (χ2v) is 25.3. The quantitative estimate of drug-likeness (QED) is 0.0320. The lowest BCUT2D eigenvalue weighted by Gasteiger charge is -2.20. The highest BCUT2D eigenvalue weighted by Gasteiger charge is 2.18. The van der Waals surface area contributed by atoms with E-state index in [0.717, 1.165) is 38.5 Å². The van der Waals surface area contributed by atoms with Gasteiger partial charge in [0.25, 0.3) is 0 Å². The van der Waals surface area contributed by atoms with E-state index in [0.29, 0.717) is 19.4 Å². The molecule has 0 aliphatic carbocycles. The average Bonchev–Trinajstić information content (AvgIpc) is 3.46. The molecular weight excluding hydrogens is 983 g/mol. The molecule has 6 heteroatoms. The van der Waals surface area contributed by atoms with Crippen LogP contribution < -0.4 is 5.32 Å². The maximum atomic E-state index is 12.5. The summed E-state index contributed by atoms with van der Waals surface area (Å²) in [5.41, 5.74) is 0. The van der Waals surface area contributed by atoms with E-state index in [1.54, 1.807) is 6.08 Å². The third kappa shape index (κ3) is 65.5. The van der Waals surface area contributed by atoms with Crippen LogP contribution in [0.3, 0.4) is 0 Å². The summed E-state index contributed by atoms with van der Waals surface area (Å²) in [6.45, 7) is 4.94. The summed E-state index contributed by atoms with van der Waals surface area (Å²) in [7, 11) is 0. The normalized spacial score (nSPS) is 12.6. The van der Waals surface area contributed by atoms with Crippen molar-refractivity contribution in [2.45, 2.75) is 424 Å². The zero-order chi connectivity index (χ0) is 57.8. The van der Waals surface area contributed by atoms with Crippen LogP contribution in [-0.2, 0) is 14.3 Å². The van der Waals surface area contributed by atoms with Crippen LogP contribution in [0.5, 0.6) is 0 Å². The van der Waals surface area contributed by atoms with E-state index >= 15 is 0 Å². The fourth-order valence-electron chi connectivity index (χ4n) is 11.6. The maximum Gasteiger partial charge on any atom is 0.305 e. The third-order valence-electron chi connectivity index (χ3n) is 17.2. The van der Waals surface area contributed by atoms with Gasteiger partial charge in [-0.05, 0) is 57.8 Å². The molecule has 0 saturated heterocycles. The molecule has 0 rings (SSSR count). The molecule has 0 bridgehead atoms. The van der Waals surface area contributed by atoms with Crippen LogP contribution in [-0.4, -0.2) is 47.4 Å². The number of ether oxygens (including phenoxy) is 1. The van der Waals surface area contributed by atoms with Crippen LogP contribution in [0, 0.1) is 0 Å². The molecule has 0 aromatic carbocycles. The summed E-state index contributed by atoms with van der Waals surface area (Å²) < 4.78 is 5.47. The Morgan fingerprint density at radius 1 is 0.338 bits per heavy atom. The molecule has 1 amide bonds. The van der Waals surface area contributed by atoms with E-state index in [1.165, 1.54) is 347 Å². The number of hydrogen-bond donors (Lipinski definition) is 3.